The number of fused-ring (bicyclic) bond motifs is 1. The number of aryl methyl sites for hydroxylation is 1. The Labute approximate surface area is 140 Å². The molecule has 2 N–H and O–H groups in total. The molecule has 2 aromatic carbocycles. The van der Waals surface area contributed by atoms with Gasteiger partial charge in [-0.2, -0.15) is 0 Å². The third-order valence-electron chi connectivity index (χ3n) is 4.28. The Morgan fingerprint density at radius 1 is 1.33 bits per heavy atom. The van der Waals surface area contributed by atoms with Crippen molar-refractivity contribution in [2.45, 2.75) is 31.9 Å². The summed E-state index contributed by atoms with van der Waals surface area (Å²) in [6, 6.07) is 11.5. The molecule has 1 aliphatic heterocycles. The van der Waals surface area contributed by atoms with E-state index in [0.717, 1.165) is 12.0 Å². The zero-order valence-electron chi connectivity index (χ0n) is 13.5. The highest BCUT2D eigenvalue weighted by molar-refractivity contribution is 5.83. The van der Waals surface area contributed by atoms with E-state index in [4.69, 9.17) is 4.74 Å². The number of ether oxygens (including phenoxy) is 1. The van der Waals surface area contributed by atoms with Crippen LogP contribution in [0.25, 0.3) is 0 Å². The van der Waals surface area contributed by atoms with Gasteiger partial charge < -0.3 is 15.2 Å². The number of aliphatic hydroxyl groups excluding tert-OH is 1. The first kappa shape index (κ1) is 16.5. The summed E-state index contributed by atoms with van der Waals surface area (Å²) in [7, 11) is 0. The number of aliphatic hydroxyl groups is 1. The second-order valence-corrected chi connectivity index (χ2v) is 5.90. The molecule has 2 atom stereocenters. The topological polar surface area (TPSA) is 58.6 Å². The smallest absolute Gasteiger partial charge is 0.261 e. The molecule has 0 aromatic heterocycles. The fourth-order valence-corrected chi connectivity index (χ4v) is 2.85. The molecule has 126 valence electrons. The molecule has 4 nitrogen and oxygen atoms in total. The Bertz CT molecular complexity index is 730. The van der Waals surface area contributed by atoms with Crippen molar-refractivity contribution in [1.29, 1.82) is 0 Å². The molecule has 0 saturated carbocycles. The summed E-state index contributed by atoms with van der Waals surface area (Å²) in [5, 5.41) is 12.4. The first-order chi connectivity index (χ1) is 11.6. The van der Waals surface area contributed by atoms with Crippen LogP contribution >= 0.6 is 0 Å². The fraction of sp³-hybridized carbons (Fsp3) is 0.316. The molecule has 0 spiro atoms. The van der Waals surface area contributed by atoms with Crippen LogP contribution in [0.15, 0.2) is 42.5 Å². The van der Waals surface area contributed by atoms with Gasteiger partial charge in [-0.1, -0.05) is 31.2 Å². The van der Waals surface area contributed by atoms with Crippen LogP contribution < -0.4 is 10.1 Å². The van der Waals surface area contributed by atoms with E-state index in [1.165, 1.54) is 23.8 Å². The Morgan fingerprint density at radius 2 is 2.08 bits per heavy atom. The van der Waals surface area contributed by atoms with Crippen LogP contribution in [0.3, 0.4) is 0 Å². The predicted molar refractivity (Wildman–Crippen MR) is 88.3 cm³/mol. The van der Waals surface area contributed by atoms with Gasteiger partial charge >= 0.3 is 0 Å². The van der Waals surface area contributed by atoms with Crippen LogP contribution in [0.1, 0.15) is 29.7 Å². The van der Waals surface area contributed by atoms with E-state index < -0.39 is 12.1 Å². The summed E-state index contributed by atoms with van der Waals surface area (Å²) in [6.45, 7) is 1.86. The summed E-state index contributed by atoms with van der Waals surface area (Å²) in [4.78, 5) is 12.4. The number of hydrogen-bond donors (Lipinski definition) is 2. The predicted octanol–water partition coefficient (Wildman–Crippen LogP) is 2.54. The Kier molecular flexibility index (Phi) is 4.81. The lowest BCUT2D eigenvalue weighted by atomic mass is 10.0. The van der Waals surface area contributed by atoms with Crippen LogP contribution in [-0.4, -0.2) is 23.7 Å². The maximum absolute atomic E-state index is 13.2. The van der Waals surface area contributed by atoms with Crippen LogP contribution in [0.2, 0.25) is 0 Å². The van der Waals surface area contributed by atoms with Crippen LogP contribution in [0.4, 0.5) is 4.39 Å². The molecule has 1 aliphatic rings. The minimum absolute atomic E-state index is 0.203. The van der Waals surface area contributed by atoms with Crippen molar-refractivity contribution in [3.63, 3.8) is 0 Å². The minimum Gasteiger partial charge on any atom is -0.480 e. The monoisotopic (exact) mass is 329 g/mol. The number of carbonyl (C=O) groups excluding carboxylic acids is 1. The molecule has 1 heterocycles. The van der Waals surface area contributed by atoms with Gasteiger partial charge in [0.25, 0.3) is 5.91 Å². The maximum Gasteiger partial charge on any atom is 0.261 e. The highest BCUT2D eigenvalue weighted by Crippen LogP contribution is 2.29. The molecule has 3 rings (SSSR count). The van der Waals surface area contributed by atoms with Gasteiger partial charge in [0.2, 0.25) is 0 Å². The van der Waals surface area contributed by atoms with Crippen molar-refractivity contribution >= 4 is 5.91 Å². The number of amides is 1. The van der Waals surface area contributed by atoms with E-state index in [2.05, 4.69) is 12.2 Å². The Balaban J connectivity index is 1.67. The first-order valence-corrected chi connectivity index (χ1v) is 8.06. The van der Waals surface area contributed by atoms with E-state index in [9.17, 15) is 14.3 Å². The SMILES string of the molecule is CCc1ccc(C(CO)NC(=O)C2Cc3cc(F)ccc3O2)cc1. The molecule has 5 heteroatoms. The highest BCUT2D eigenvalue weighted by atomic mass is 19.1. The van der Waals surface area contributed by atoms with E-state index in [0.29, 0.717) is 17.7 Å². The average molecular weight is 329 g/mol. The normalized spacial score (nSPS) is 17.0. The van der Waals surface area contributed by atoms with Gasteiger partial charge in [-0.25, -0.2) is 4.39 Å². The van der Waals surface area contributed by atoms with Gasteiger partial charge in [-0.05, 0) is 35.7 Å². The fourth-order valence-electron chi connectivity index (χ4n) is 2.85. The van der Waals surface area contributed by atoms with E-state index >= 15 is 0 Å². The molecular weight excluding hydrogens is 309 g/mol. The van der Waals surface area contributed by atoms with Crippen molar-refractivity contribution in [3.05, 3.63) is 65.0 Å². The lowest BCUT2D eigenvalue weighted by Crippen LogP contribution is -2.40. The van der Waals surface area contributed by atoms with Gasteiger partial charge in [0.15, 0.2) is 6.10 Å². The Hall–Kier alpha value is -2.40. The third kappa shape index (κ3) is 3.41. The quantitative estimate of drug-likeness (QED) is 0.886. The number of carbonyl (C=O) groups is 1. The summed E-state index contributed by atoms with van der Waals surface area (Å²) in [5.41, 5.74) is 2.71. The van der Waals surface area contributed by atoms with Crippen LogP contribution in [0.5, 0.6) is 5.75 Å². The third-order valence-corrected chi connectivity index (χ3v) is 4.28. The second kappa shape index (κ2) is 7.01. The number of hydrogen-bond acceptors (Lipinski definition) is 3. The van der Waals surface area contributed by atoms with Crippen molar-refractivity contribution in [2.24, 2.45) is 0 Å². The van der Waals surface area contributed by atoms with E-state index in [-0.39, 0.29) is 18.3 Å². The zero-order chi connectivity index (χ0) is 17.1. The number of nitrogens with one attached hydrogen (secondary N) is 1. The molecule has 0 aliphatic carbocycles. The summed E-state index contributed by atoms with van der Waals surface area (Å²) in [5.74, 6) is -0.128. The molecule has 1 amide bonds. The zero-order valence-corrected chi connectivity index (χ0v) is 13.5. The lowest BCUT2D eigenvalue weighted by Gasteiger charge is -2.19. The number of benzene rings is 2. The molecule has 24 heavy (non-hydrogen) atoms. The van der Waals surface area contributed by atoms with Crippen molar-refractivity contribution in [2.75, 3.05) is 6.61 Å². The molecule has 0 bridgehead atoms. The van der Waals surface area contributed by atoms with E-state index in [1.54, 1.807) is 0 Å². The van der Waals surface area contributed by atoms with Gasteiger partial charge in [-0.3, -0.25) is 4.79 Å². The number of halogens is 1. The first-order valence-electron chi connectivity index (χ1n) is 8.06. The molecule has 2 unspecified atom stereocenters. The summed E-state index contributed by atoms with van der Waals surface area (Å²) < 4.78 is 18.8. The van der Waals surface area contributed by atoms with Gasteiger partial charge in [0.1, 0.15) is 11.6 Å². The average Bonchev–Trinajstić information content (AvgIpc) is 3.03. The molecule has 2 aromatic rings. The highest BCUT2D eigenvalue weighted by Gasteiger charge is 2.30. The summed E-state index contributed by atoms with van der Waals surface area (Å²) in [6.07, 6.45) is 0.554. The summed E-state index contributed by atoms with van der Waals surface area (Å²) >= 11 is 0. The van der Waals surface area contributed by atoms with Gasteiger partial charge in [0.05, 0.1) is 12.6 Å². The van der Waals surface area contributed by atoms with Gasteiger partial charge in [0, 0.05) is 12.0 Å². The molecule has 0 fully saturated rings. The lowest BCUT2D eigenvalue weighted by molar-refractivity contribution is -0.128. The standard InChI is InChI=1S/C19H20FNO3/c1-2-12-3-5-13(6-4-12)16(11-22)21-19(23)18-10-14-9-15(20)7-8-17(14)24-18/h3-9,16,18,22H,2,10-11H2,1H3,(H,21,23). The van der Waals surface area contributed by atoms with Crippen LogP contribution in [0, 0.1) is 5.82 Å². The van der Waals surface area contributed by atoms with Crippen molar-refractivity contribution in [1.82, 2.24) is 5.32 Å². The molecular formula is C19H20FNO3. The second-order valence-electron chi connectivity index (χ2n) is 5.90. The maximum atomic E-state index is 13.2. The Morgan fingerprint density at radius 3 is 2.75 bits per heavy atom. The largest absolute Gasteiger partial charge is 0.480 e. The van der Waals surface area contributed by atoms with Gasteiger partial charge in [-0.15, -0.1) is 0 Å². The van der Waals surface area contributed by atoms with Crippen molar-refractivity contribution in [3.8, 4) is 5.75 Å². The molecule has 0 radical (unpaired) electrons. The minimum atomic E-state index is -0.703. The van der Waals surface area contributed by atoms with E-state index in [1.807, 2.05) is 24.3 Å². The van der Waals surface area contributed by atoms with Crippen LogP contribution in [-0.2, 0) is 17.6 Å². The number of rotatable bonds is 5. The van der Waals surface area contributed by atoms with Crippen molar-refractivity contribution < 1.29 is 19.0 Å². The molecule has 0 saturated heterocycles.